The van der Waals surface area contributed by atoms with Crippen LogP contribution in [-0.2, 0) is 10.8 Å². The lowest BCUT2D eigenvalue weighted by molar-refractivity contribution is 0.526. The van der Waals surface area contributed by atoms with Gasteiger partial charge in [0, 0.05) is 27.8 Å². The lowest BCUT2D eigenvalue weighted by Crippen LogP contribution is -2.30. The minimum Gasteiger partial charge on any atom is -0.327 e. The van der Waals surface area contributed by atoms with E-state index in [1.165, 1.54) is 0 Å². The van der Waals surface area contributed by atoms with Crippen molar-refractivity contribution in [1.82, 2.24) is 0 Å². The van der Waals surface area contributed by atoms with Gasteiger partial charge in [-0.3, -0.25) is 4.21 Å². The first-order valence-corrected chi connectivity index (χ1v) is 6.67. The van der Waals surface area contributed by atoms with Crippen molar-refractivity contribution in [3.63, 3.8) is 0 Å². The van der Waals surface area contributed by atoms with Crippen LogP contribution in [0.3, 0.4) is 0 Å². The molecule has 4 unspecified atom stereocenters. The quantitative estimate of drug-likeness (QED) is 0.755. The van der Waals surface area contributed by atoms with Crippen molar-refractivity contribution in [2.45, 2.75) is 50.8 Å². The summed E-state index contributed by atoms with van der Waals surface area (Å²) in [5.41, 5.74) is 5.90. The predicted octanol–water partition coefficient (Wildman–Crippen LogP) is 1.66. The van der Waals surface area contributed by atoms with Crippen LogP contribution >= 0.6 is 0 Å². The smallest absolute Gasteiger partial charge is 0.0388 e. The summed E-state index contributed by atoms with van der Waals surface area (Å²) in [6.45, 7) is 4.28. The van der Waals surface area contributed by atoms with Crippen LogP contribution in [0.2, 0.25) is 0 Å². The van der Waals surface area contributed by atoms with E-state index in [-0.39, 0.29) is 6.04 Å². The summed E-state index contributed by atoms with van der Waals surface area (Å²) in [7, 11) is -0.626. The Kier molecular flexibility index (Phi) is 4.39. The summed E-state index contributed by atoms with van der Waals surface area (Å²) in [6, 6.07) is 0.288. The molecule has 0 aromatic carbocycles. The number of unbranched alkanes of at least 4 members (excludes halogenated alkanes) is 1. The van der Waals surface area contributed by atoms with E-state index in [0.29, 0.717) is 11.2 Å². The molecule has 0 aliphatic heterocycles. The highest BCUT2D eigenvalue weighted by molar-refractivity contribution is 7.85. The fraction of sp³-hybridized carbons (Fsp3) is 1.00. The second-order valence-electron chi connectivity index (χ2n) is 4.08. The minimum atomic E-state index is -0.626. The van der Waals surface area contributed by atoms with Crippen LogP contribution in [0.1, 0.15) is 39.5 Å². The van der Waals surface area contributed by atoms with Crippen molar-refractivity contribution < 1.29 is 4.21 Å². The third kappa shape index (κ3) is 2.78. The Balaban J connectivity index is 2.39. The molecule has 0 aromatic heterocycles. The Hall–Kier alpha value is 0.110. The van der Waals surface area contributed by atoms with Crippen LogP contribution in [0.5, 0.6) is 0 Å². The maximum Gasteiger partial charge on any atom is 0.0388 e. The normalized spacial score (nSPS) is 36.4. The number of hydrogen-bond donors (Lipinski definition) is 1. The molecule has 2 nitrogen and oxygen atoms in total. The van der Waals surface area contributed by atoms with Gasteiger partial charge in [-0.2, -0.15) is 0 Å². The van der Waals surface area contributed by atoms with Gasteiger partial charge in [0.1, 0.15) is 0 Å². The fourth-order valence-electron chi connectivity index (χ4n) is 1.97. The molecule has 1 fully saturated rings. The Morgan fingerprint density at radius 3 is 2.62 bits per heavy atom. The summed E-state index contributed by atoms with van der Waals surface area (Å²) >= 11 is 0. The Bertz CT molecular complexity index is 184. The lowest BCUT2D eigenvalue weighted by atomic mass is 10.1. The SMILES string of the molecule is CCCCS(=O)C1CCC(N)C1C. The molecule has 0 spiro atoms. The lowest BCUT2D eigenvalue weighted by Gasteiger charge is -2.17. The second kappa shape index (κ2) is 5.11. The molecule has 13 heavy (non-hydrogen) atoms. The molecule has 3 heteroatoms. The van der Waals surface area contributed by atoms with E-state index in [0.717, 1.165) is 31.4 Å². The van der Waals surface area contributed by atoms with Gasteiger partial charge in [0.2, 0.25) is 0 Å². The summed E-state index contributed by atoms with van der Waals surface area (Å²) in [4.78, 5) is 0. The average molecular weight is 203 g/mol. The zero-order chi connectivity index (χ0) is 9.84. The topological polar surface area (TPSA) is 43.1 Å². The molecule has 0 bridgehead atoms. The molecule has 1 aliphatic rings. The van der Waals surface area contributed by atoms with Crippen LogP contribution in [0.4, 0.5) is 0 Å². The van der Waals surface area contributed by atoms with Crippen molar-refractivity contribution in [2.24, 2.45) is 11.7 Å². The van der Waals surface area contributed by atoms with Gasteiger partial charge >= 0.3 is 0 Å². The Morgan fingerprint density at radius 1 is 1.46 bits per heavy atom. The highest BCUT2D eigenvalue weighted by atomic mass is 32.2. The Labute approximate surface area is 83.7 Å². The van der Waals surface area contributed by atoms with Gasteiger partial charge in [-0.1, -0.05) is 20.3 Å². The molecular weight excluding hydrogens is 182 g/mol. The van der Waals surface area contributed by atoms with E-state index in [4.69, 9.17) is 5.73 Å². The zero-order valence-electron chi connectivity index (χ0n) is 8.66. The first-order chi connectivity index (χ1) is 6.16. The standard InChI is InChI=1S/C10H21NOS/c1-3-4-7-13(12)10-6-5-9(11)8(10)2/h8-10H,3-7,11H2,1-2H3. The van der Waals surface area contributed by atoms with E-state index in [1.807, 2.05) is 0 Å². The zero-order valence-corrected chi connectivity index (χ0v) is 9.48. The van der Waals surface area contributed by atoms with Crippen LogP contribution < -0.4 is 5.73 Å². The minimum absolute atomic E-state index is 0.288. The summed E-state index contributed by atoms with van der Waals surface area (Å²) < 4.78 is 11.8. The van der Waals surface area contributed by atoms with Gasteiger partial charge in [-0.25, -0.2) is 0 Å². The van der Waals surface area contributed by atoms with Crippen LogP contribution in [0.15, 0.2) is 0 Å². The molecular formula is C10H21NOS. The van der Waals surface area contributed by atoms with E-state index in [1.54, 1.807) is 0 Å². The summed E-state index contributed by atoms with van der Waals surface area (Å²) in [5, 5.41) is 0.376. The summed E-state index contributed by atoms with van der Waals surface area (Å²) in [5.74, 6) is 1.33. The number of nitrogens with two attached hydrogens (primary N) is 1. The highest BCUT2D eigenvalue weighted by Crippen LogP contribution is 2.28. The molecule has 2 N–H and O–H groups in total. The van der Waals surface area contributed by atoms with Crippen LogP contribution in [-0.4, -0.2) is 21.3 Å². The Morgan fingerprint density at radius 2 is 2.15 bits per heavy atom. The molecule has 4 atom stereocenters. The van der Waals surface area contributed by atoms with E-state index in [2.05, 4.69) is 13.8 Å². The van der Waals surface area contributed by atoms with E-state index in [9.17, 15) is 4.21 Å². The van der Waals surface area contributed by atoms with Crippen LogP contribution in [0.25, 0.3) is 0 Å². The first-order valence-electron chi connectivity index (χ1n) is 5.29. The molecule has 0 heterocycles. The van der Waals surface area contributed by atoms with E-state index < -0.39 is 10.8 Å². The van der Waals surface area contributed by atoms with Gasteiger partial charge < -0.3 is 5.73 Å². The third-order valence-electron chi connectivity index (χ3n) is 3.08. The molecule has 1 aliphatic carbocycles. The fourth-order valence-corrected chi connectivity index (χ4v) is 3.92. The number of hydrogen-bond acceptors (Lipinski definition) is 2. The second-order valence-corrected chi connectivity index (χ2v) is 5.85. The number of rotatable bonds is 4. The van der Waals surface area contributed by atoms with Crippen LogP contribution in [0, 0.1) is 5.92 Å². The third-order valence-corrected chi connectivity index (χ3v) is 5.11. The first kappa shape index (κ1) is 11.2. The maximum absolute atomic E-state index is 11.8. The summed E-state index contributed by atoms with van der Waals surface area (Å²) in [6.07, 6.45) is 4.35. The average Bonchev–Trinajstić information content (AvgIpc) is 2.44. The molecule has 78 valence electrons. The largest absolute Gasteiger partial charge is 0.327 e. The van der Waals surface area contributed by atoms with E-state index >= 15 is 0 Å². The van der Waals surface area contributed by atoms with Gasteiger partial charge in [-0.15, -0.1) is 0 Å². The molecule has 0 radical (unpaired) electrons. The molecule has 1 rings (SSSR count). The van der Waals surface area contributed by atoms with Gasteiger partial charge in [0.15, 0.2) is 0 Å². The monoisotopic (exact) mass is 203 g/mol. The molecule has 0 aromatic rings. The molecule has 0 saturated heterocycles. The predicted molar refractivity (Wildman–Crippen MR) is 58.1 cm³/mol. The van der Waals surface area contributed by atoms with Crippen molar-refractivity contribution in [3.05, 3.63) is 0 Å². The molecule has 1 saturated carbocycles. The van der Waals surface area contributed by atoms with Gasteiger partial charge in [0.25, 0.3) is 0 Å². The van der Waals surface area contributed by atoms with Gasteiger partial charge in [-0.05, 0) is 25.2 Å². The van der Waals surface area contributed by atoms with Crippen molar-refractivity contribution >= 4 is 10.8 Å². The van der Waals surface area contributed by atoms with Crippen molar-refractivity contribution in [2.75, 3.05) is 5.75 Å². The molecule has 0 amide bonds. The highest BCUT2D eigenvalue weighted by Gasteiger charge is 2.33. The van der Waals surface area contributed by atoms with Crippen molar-refractivity contribution in [1.29, 1.82) is 0 Å². The van der Waals surface area contributed by atoms with Crippen molar-refractivity contribution in [3.8, 4) is 0 Å². The van der Waals surface area contributed by atoms with Gasteiger partial charge in [0.05, 0.1) is 0 Å². The maximum atomic E-state index is 11.8.